The number of para-hydroxylation sites is 2. The molecule has 1 aliphatic rings. The lowest BCUT2D eigenvalue weighted by Gasteiger charge is -2.24. The quantitative estimate of drug-likeness (QED) is 0.362. The number of carbonyl (C=O) groups is 2. The molecule has 0 aliphatic carbocycles. The molecule has 6 nitrogen and oxygen atoms in total. The summed E-state index contributed by atoms with van der Waals surface area (Å²) in [5.74, 6) is -0.402. The van der Waals surface area contributed by atoms with Crippen molar-refractivity contribution in [3.63, 3.8) is 0 Å². The van der Waals surface area contributed by atoms with Crippen molar-refractivity contribution in [3.05, 3.63) is 96.2 Å². The number of aromatic amines is 1. The number of nitrogens with zero attached hydrogens (tertiary/aromatic N) is 2. The Labute approximate surface area is 209 Å². The lowest BCUT2D eigenvalue weighted by atomic mass is 10.1. The number of aromatic nitrogens is 1. The van der Waals surface area contributed by atoms with Crippen LogP contribution in [0.4, 0.5) is 11.4 Å². The molecule has 0 spiro atoms. The molecular formula is C28H26N4O2S. The van der Waals surface area contributed by atoms with Gasteiger partial charge in [-0.3, -0.25) is 14.5 Å². The number of H-pyrrole nitrogens is 1. The number of hydrogen-bond acceptors (Lipinski definition) is 3. The zero-order valence-electron chi connectivity index (χ0n) is 19.4. The summed E-state index contributed by atoms with van der Waals surface area (Å²) < 4.78 is 0. The SMILES string of the molecule is Cc1ccc(NC(=O)C[C@H]2C(=O)N(c3ccccc3)C(=S)N2CCc2c[nH]c3ccccc23)cc1. The van der Waals surface area contributed by atoms with Crippen LogP contribution in [0.15, 0.2) is 85.1 Å². The second kappa shape index (κ2) is 9.72. The first-order valence-electron chi connectivity index (χ1n) is 11.6. The first-order valence-corrected chi connectivity index (χ1v) is 12.0. The van der Waals surface area contributed by atoms with E-state index in [-0.39, 0.29) is 18.2 Å². The van der Waals surface area contributed by atoms with Crippen LogP contribution < -0.4 is 10.2 Å². The number of fused-ring (bicyclic) bond motifs is 1. The number of amides is 2. The van der Waals surface area contributed by atoms with E-state index >= 15 is 0 Å². The van der Waals surface area contributed by atoms with Gasteiger partial charge in [0.15, 0.2) is 5.11 Å². The smallest absolute Gasteiger partial charge is 0.256 e. The summed E-state index contributed by atoms with van der Waals surface area (Å²) in [6.45, 7) is 2.52. The van der Waals surface area contributed by atoms with Crippen molar-refractivity contribution in [2.24, 2.45) is 0 Å². The molecule has 1 aromatic heterocycles. The van der Waals surface area contributed by atoms with Crippen LogP contribution in [0, 0.1) is 6.92 Å². The minimum Gasteiger partial charge on any atom is -0.361 e. The molecule has 2 amide bonds. The molecular weight excluding hydrogens is 456 g/mol. The molecule has 176 valence electrons. The van der Waals surface area contributed by atoms with Crippen LogP contribution in [0.25, 0.3) is 10.9 Å². The molecule has 1 atom stereocenters. The van der Waals surface area contributed by atoms with Crippen LogP contribution >= 0.6 is 12.2 Å². The third-order valence-corrected chi connectivity index (χ3v) is 6.76. The molecule has 0 bridgehead atoms. The molecule has 1 saturated heterocycles. The third-order valence-electron chi connectivity index (χ3n) is 6.34. The number of thiocarbonyl (C=S) groups is 1. The summed E-state index contributed by atoms with van der Waals surface area (Å²) in [5.41, 5.74) is 4.75. The number of anilines is 2. The Morgan fingerprint density at radius 3 is 2.49 bits per heavy atom. The van der Waals surface area contributed by atoms with Crippen LogP contribution in [0.3, 0.4) is 0 Å². The Morgan fingerprint density at radius 1 is 1.00 bits per heavy atom. The Hall–Kier alpha value is -3.97. The number of aryl methyl sites for hydroxylation is 1. The zero-order valence-corrected chi connectivity index (χ0v) is 20.2. The molecule has 1 aliphatic heterocycles. The lowest BCUT2D eigenvalue weighted by molar-refractivity contribution is -0.124. The predicted molar refractivity (Wildman–Crippen MR) is 143 cm³/mol. The molecule has 1 fully saturated rings. The van der Waals surface area contributed by atoms with Gasteiger partial charge in [-0.15, -0.1) is 0 Å². The topological polar surface area (TPSA) is 68.4 Å². The molecule has 0 saturated carbocycles. The van der Waals surface area contributed by atoms with E-state index in [1.54, 1.807) is 4.90 Å². The molecule has 0 radical (unpaired) electrons. The minimum absolute atomic E-state index is 0.0179. The van der Waals surface area contributed by atoms with E-state index in [0.717, 1.165) is 22.0 Å². The van der Waals surface area contributed by atoms with Crippen LogP contribution in [0.1, 0.15) is 17.5 Å². The van der Waals surface area contributed by atoms with E-state index in [1.807, 2.05) is 90.8 Å². The highest BCUT2D eigenvalue weighted by molar-refractivity contribution is 7.80. The maximum Gasteiger partial charge on any atom is 0.256 e. The van der Waals surface area contributed by atoms with E-state index in [4.69, 9.17) is 12.2 Å². The predicted octanol–water partition coefficient (Wildman–Crippen LogP) is 5.05. The lowest BCUT2D eigenvalue weighted by Crippen LogP contribution is -2.39. The maximum absolute atomic E-state index is 13.5. The van der Waals surface area contributed by atoms with Crippen molar-refractivity contribution in [3.8, 4) is 0 Å². The highest BCUT2D eigenvalue weighted by atomic mass is 32.1. The fraction of sp³-hybridized carbons (Fsp3) is 0.179. The van der Waals surface area contributed by atoms with E-state index < -0.39 is 6.04 Å². The summed E-state index contributed by atoms with van der Waals surface area (Å²) in [7, 11) is 0. The van der Waals surface area contributed by atoms with Gasteiger partial charge in [-0.05, 0) is 61.5 Å². The first-order chi connectivity index (χ1) is 17.0. The fourth-order valence-electron chi connectivity index (χ4n) is 4.51. The maximum atomic E-state index is 13.5. The van der Waals surface area contributed by atoms with Crippen LogP contribution in [-0.4, -0.2) is 39.4 Å². The van der Waals surface area contributed by atoms with Crippen molar-refractivity contribution < 1.29 is 9.59 Å². The number of benzene rings is 3. The Bertz CT molecular complexity index is 1380. The summed E-state index contributed by atoms with van der Waals surface area (Å²) in [6, 6.07) is 24.4. The third kappa shape index (κ3) is 4.68. The highest BCUT2D eigenvalue weighted by Crippen LogP contribution is 2.28. The molecule has 0 unspecified atom stereocenters. The number of nitrogens with one attached hydrogen (secondary N) is 2. The molecule has 4 aromatic rings. The van der Waals surface area contributed by atoms with Gasteiger partial charge in [0.2, 0.25) is 5.91 Å². The average molecular weight is 483 g/mol. The summed E-state index contributed by atoms with van der Waals surface area (Å²) in [6.07, 6.45) is 2.71. The number of carbonyl (C=O) groups excluding carboxylic acids is 2. The Balaban J connectivity index is 1.38. The average Bonchev–Trinajstić information content (AvgIpc) is 3.38. The Kier molecular flexibility index (Phi) is 6.33. The normalized spacial score (nSPS) is 15.7. The van der Waals surface area contributed by atoms with Crippen LogP contribution in [0.5, 0.6) is 0 Å². The Morgan fingerprint density at radius 2 is 1.71 bits per heavy atom. The molecule has 35 heavy (non-hydrogen) atoms. The molecule has 2 N–H and O–H groups in total. The molecule has 2 heterocycles. The monoisotopic (exact) mass is 482 g/mol. The molecule has 5 rings (SSSR count). The summed E-state index contributed by atoms with van der Waals surface area (Å²) in [4.78, 5) is 33.2. The van der Waals surface area contributed by atoms with Crippen molar-refractivity contribution in [1.82, 2.24) is 9.88 Å². The van der Waals surface area contributed by atoms with Crippen LogP contribution in [-0.2, 0) is 16.0 Å². The second-order valence-electron chi connectivity index (χ2n) is 8.73. The highest BCUT2D eigenvalue weighted by Gasteiger charge is 2.43. The van der Waals surface area contributed by atoms with Gasteiger partial charge in [-0.25, -0.2) is 0 Å². The second-order valence-corrected chi connectivity index (χ2v) is 9.09. The largest absolute Gasteiger partial charge is 0.361 e. The van der Waals surface area contributed by atoms with Crippen molar-refractivity contribution >= 4 is 51.4 Å². The fourth-order valence-corrected chi connectivity index (χ4v) is 4.92. The number of rotatable bonds is 7. The summed E-state index contributed by atoms with van der Waals surface area (Å²) >= 11 is 5.78. The van der Waals surface area contributed by atoms with Gasteiger partial charge in [0.05, 0.1) is 12.1 Å². The van der Waals surface area contributed by atoms with E-state index in [2.05, 4.69) is 16.4 Å². The van der Waals surface area contributed by atoms with Gasteiger partial charge in [-0.2, -0.15) is 0 Å². The molecule has 7 heteroatoms. The van der Waals surface area contributed by atoms with E-state index in [9.17, 15) is 9.59 Å². The minimum atomic E-state index is -0.668. The van der Waals surface area contributed by atoms with Crippen molar-refractivity contribution in [2.45, 2.75) is 25.8 Å². The van der Waals surface area contributed by atoms with E-state index in [0.29, 0.717) is 29.5 Å². The van der Waals surface area contributed by atoms with E-state index in [1.165, 1.54) is 0 Å². The van der Waals surface area contributed by atoms with Gasteiger partial charge >= 0.3 is 0 Å². The van der Waals surface area contributed by atoms with Gasteiger partial charge in [0.25, 0.3) is 5.91 Å². The van der Waals surface area contributed by atoms with Gasteiger partial charge in [-0.1, -0.05) is 54.1 Å². The van der Waals surface area contributed by atoms with Crippen molar-refractivity contribution in [2.75, 3.05) is 16.8 Å². The summed E-state index contributed by atoms with van der Waals surface area (Å²) in [5, 5.41) is 4.49. The molecule has 3 aromatic carbocycles. The zero-order chi connectivity index (χ0) is 24.4. The van der Waals surface area contributed by atoms with Gasteiger partial charge < -0.3 is 15.2 Å². The van der Waals surface area contributed by atoms with Gasteiger partial charge in [0.1, 0.15) is 6.04 Å². The van der Waals surface area contributed by atoms with Crippen molar-refractivity contribution in [1.29, 1.82) is 0 Å². The van der Waals surface area contributed by atoms with Crippen LogP contribution in [0.2, 0.25) is 0 Å². The standard InChI is InChI=1S/C28H26N4O2S/c1-19-11-13-21(14-12-19)30-26(33)17-25-27(34)32(22-7-3-2-4-8-22)28(35)31(25)16-15-20-18-29-24-10-6-5-9-23(20)24/h2-14,18,25,29H,15-17H2,1H3,(H,30,33)/t25-/m0/s1. The van der Waals surface area contributed by atoms with Gasteiger partial charge in [0, 0.05) is 29.3 Å². The number of hydrogen-bond donors (Lipinski definition) is 2. The first kappa shape index (κ1) is 22.8.